The standard InChI is InChI=1S/C15H18N2O2/c1-18-14-4-2-10(8-16)6-11(14)9-17-13-7-12-3-5-15(13)19-12/h2,4,6,12-13,15,17H,3,5,7,9H2,1H3. The molecule has 1 aromatic rings. The summed E-state index contributed by atoms with van der Waals surface area (Å²) in [4.78, 5) is 0. The zero-order chi connectivity index (χ0) is 13.2. The van der Waals surface area contributed by atoms with Crippen LogP contribution in [0, 0.1) is 11.3 Å². The first-order valence-corrected chi connectivity index (χ1v) is 6.76. The minimum atomic E-state index is 0.371. The summed E-state index contributed by atoms with van der Waals surface area (Å²) < 4.78 is 11.2. The van der Waals surface area contributed by atoms with Gasteiger partial charge in [-0.25, -0.2) is 0 Å². The molecule has 4 nitrogen and oxygen atoms in total. The highest BCUT2D eigenvalue weighted by Gasteiger charge is 2.40. The van der Waals surface area contributed by atoms with Crippen LogP contribution >= 0.6 is 0 Å². The van der Waals surface area contributed by atoms with E-state index >= 15 is 0 Å². The van der Waals surface area contributed by atoms with E-state index in [0.717, 1.165) is 30.7 Å². The molecule has 2 fully saturated rings. The molecule has 1 aromatic carbocycles. The molecule has 3 rings (SSSR count). The maximum absolute atomic E-state index is 8.96. The lowest BCUT2D eigenvalue weighted by Gasteiger charge is -2.20. The van der Waals surface area contributed by atoms with Gasteiger partial charge in [0.2, 0.25) is 0 Å². The molecule has 3 unspecified atom stereocenters. The van der Waals surface area contributed by atoms with Crippen molar-refractivity contribution in [3.8, 4) is 11.8 Å². The summed E-state index contributed by atoms with van der Waals surface area (Å²) in [5, 5.41) is 12.5. The van der Waals surface area contributed by atoms with E-state index in [1.54, 1.807) is 13.2 Å². The number of nitrogens with one attached hydrogen (secondary N) is 1. The maximum Gasteiger partial charge on any atom is 0.123 e. The smallest absolute Gasteiger partial charge is 0.123 e. The molecule has 3 atom stereocenters. The zero-order valence-corrected chi connectivity index (χ0v) is 11.1. The van der Waals surface area contributed by atoms with Gasteiger partial charge < -0.3 is 14.8 Å². The number of benzene rings is 1. The van der Waals surface area contributed by atoms with E-state index in [1.165, 1.54) is 6.42 Å². The van der Waals surface area contributed by atoms with Crippen LogP contribution in [-0.4, -0.2) is 25.4 Å². The highest BCUT2D eigenvalue weighted by atomic mass is 16.5. The van der Waals surface area contributed by atoms with Gasteiger partial charge in [-0.15, -0.1) is 0 Å². The van der Waals surface area contributed by atoms with Crippen LogP contribution in [0.15, 0.2) is 18.2 Å². The van der Waals surface area contributed by atoms with Crippen LogP contribution in [0.5, 0.6) is 5.75 Å². The number of hydrogen-bond acceptors (Lipinski definition) is 4. The Morgan fingerprint density at radius 2 is 2.37 bits per heavy atom. The van der Waals surface area contributed by atoms with Crippen LogP contribution in [0.3, 0.4) is 0 Å². The zero-order valence-electron chi connectivity index (χ0n) is 11.1. The van der Waals surface area contributed by atoms with Crippen molar-refractivity contribution in [2.75, 3.05) is 7.11 Å². The average molecular weight is 258 g/mol. The third kappa shape index (κ3) is 2.44. The fraction of sp³-hybridized carbons (Fsp3) is 0.533. The highest BCUT2D eigenvalue weighted by molar-refractivity contribution is 5.42. The Labute approximate surface area is 113 Å². The third-order valence-corrected chi connectivity index (χ3v) is 4.07. The predicted molar refractivity (Wildman–Crippen MR) is 70.8 cm³/mol. The second kappa shape index (κ2) is 5.20. The van der Waals surface area contributed by atoms with Crippen molar-refractivity contribution in [2.24, 2.45) is 0 Å². The van der Waals surface area contributed by atoms with E-state index in [-0.39, 0.29) is 0 Å². The average Bonchev–Trinajstić information content (AvgIpc) is 3.07. The first-order valence-electron chi connectivity index (χ1n) is 6.76. The Morgan fingerprint density at radius 3 is 3.00 bits per heavy atom. The molecule has 0 radical (unpaired) electrons. The minimum Gasteiger partial charge on any atom is -0.496 e. The summed E-state index contributed by atoms with van der Waals surface area (Å²) >= 11 is 0. The molecular formula is C15H18N2O2. The van der Waals surface area contributed by atoms with Crippen LogP contribution in [0.4, 0.5) is 0 Å². The molecule has 0 saturated carbocycles. The van der Waals surface area contributed by atoms with E-state index in [4.69, 9.17) is 14.7 Å². The molecule has 2 aliphatic rings. The first kappa shape index (κ1) is 12.5. The molecule has 2 aliphatic heterocycles. The van der Waals surface area contributed by atoms with E-state index in [2.05, 4.69) is 11.4 Å². The van der Waals surface area contributed by atoms with Gasteiger partial charge in [0, 0.05) is 18.2 Å². The SMILES string of the molecule is COc1ccc(C#N)cc1CNC1CC2CCC1O2. The Kier molecular flexibility index (Phi) is 3.41. The van der Waals surface area contributed by atoms with Gasteiger partial charge in [0.15, 0.2) is 0 Å². The Balaban J connectivity index is 1.67. The van der Waals surface area contributed by atoms with Gasteiger partial charge in [-0.3, -0.25) is 0 Å². The normalized spacial score (nSPS) is 28.3. The number of hydrogen-bond donors (Lipinski definition) is 1. The van der Waals surface area contributed by atoms with Crippen LogP contribution in [0.2, 0.25) is 0 Å². The maximum atomic E-state index is 8.96. The van der Waals surface area contributed by atoms with Crippen molar-refractivity contribution in [3.05, 3.63) is 29.3 Å². The molecule has 2 heterocycles. The van der Waals surface area contributed by atoms with E-state index in [1.807, 2.05) is 12.1 Å². The van der Waals surface area contributed by atoms with Gasteiger partial charge in [-0.05, 0) is 37.5 Å². The Bertz CT molecular complexity index is 509. The van der Waals surface area contributed by atoms with Gasteiger partial charge in [-0.1, -0.05) is 0 Å². The largest absolute Gasteiger partial charge is 0.496 e. The quantitative estimate of drug-likeness (QED) is 0.897. The van der Waals surface area contributed by atoms with E-state index in [0.29, 0.717) is 23.8 Å². The fourth-order valence-corrected chi connectivity index (χ4v) is 3.08. The lowest BCUT2D eigenvalue weighted by Crippen LogP contribution is -2.37. The molecular weight excluding hydrogens is 240 g/mol. The molecule has 0 aliphatic carbocycles. The Morgan fingerprint density at radius 1 is 1.47 bits per heavy atom. The number of nitriles is 1. The molecule has 100 valence electrons. The molecule has 0 aromatic heterocycles. The molecule has 4 heteroatoms. The minimum absolute atomic E-state index is 0.371. The summed E-state index contributed by atoms with van der Waals surface area (Å²) in [5.74, 6) is 0.829. The van der Waals surface area contributed by atoms with Crippen molar-refractivity contribution in [2.45, 2.75) is 44.1 Å². The number of ether oxygens (including phenoxy) is 2. The molecule has 1 N–H and O–H groups in total. The van der Waals surface area contributed by atoms with Gasteiger partial charge in [0.05, 0.1) is 31.0 Å². The summed E-state index contributed by atoms with van der Waals surface area (Å²) in [6.07, 6.45) is 4.30. The molecule has 2 bridgehead atoms. The molecule has 2 saturated heterocycles. The van der Waals surface area contributed by atoms with Gasteiger partial charge in [0.1, 0.15) is 5.75 Å². The molecule has 19 heavy (non-hydrogen) atoms. The third-order valence-electron chi connectivity index (χ3n) is 4.07. The monoisotopic (exact) mass is 258 g/mol. The van der Waals surface area contributed by atoms with Crippen molar-refractivity contribution in [1.82, 2.24) is 5.32 Å². The lowest BCUT2D eigenvalue weighted by atomic mass is 9.95. The van der Waals surface area contributed by atoms with Crippen molar-refractivity contribution >= 4 is 0 Å². The van der Waals surface area contributed by atoms with E-state index < -0.39 is 0 Å². The fourth-order valence-electron chi connectivity index (χ4n) is 3.08. The van der Waals surface area contributed by atoms with Crippen molar-refractivity contribution < 1.29 is 9.47 Å². The van der Waals surface area contributed by atoms with Crippen LogP contribution in [-0.2, 0) is 11.3 Å². The number of nitrogens with zero attached hydrogens (tertiary/aromatic N) is 1. The van der Waals surface area contributed by atoms with Crippen LogP contribution in [0.25, 0.3) is 0 Å². The van der Waals surface area contributed by atoms with Crippen molar-refractivity contribution in [3.63, 3.8) is 0 Å². The second-order valence-electron chi connectivity index (χ2n) is 5.24. The second-order valence-corrected chi connectivity index (χ2v) is 5.24. The van der Waals surface area contributed by atoms with Crippen LogP contribution < -0.4 is 10.1 Å². The van der Waals surface area contributed by atoms with Gasteiger partial charge in [0.25, 0.3) is 0 Å². The van der Waals surface area contributed by atoms with Gasteiger partial charge in [-0.2, -0.15) is 5.26 Å². The summed E-state index contributed by atoms with van der Waals surface area (Å²) in [5.41, 5.74) is 1.70. The van der Waals surface area contributed by atoms with Crippen molar-refractivity contribution in [1.29, 1.82) is 5.26 Å². The predicted octanol–water partition coefficient (Wildman–Crippen LogP) is 1.98. The Hall–Kier alpha value is -1.57. The summed E-state index contributed by atoms with van der Waals surface area (Å²) in [6.45, 7) is 0.718. The van der Waals surface area contributed by atoms with Crippen LogP contribution in [0.1, 0.15) is 30.4 Å². The lowest BCUT2D eigenvalue weighted by molar-refractivity contribution is 0.0972. The van der Waals surface area contributed by atoms with E-state index in [9.17, 15) is 0 Å². The first-order chi connectivity index (χ1) is 9.30. The topological polar surface area (TPSA) is 54.3 Å². The summed E-state index contributed by atoms with van der Waals surface area (Å²) in [7, 11) is 1.66. The number of methoxy groups -OCH3 is 1. The summed E-state index contributed by atoms with van der Waals surface area (Å²) in [6, 6.07) is 8.13. The number of rotatable bonds is 4. The highest BCUT2D eigenvalue weighted by Crippen LogP contribution is 2.34. The molecule has 0 spiro atoms. The molecule has 0 amide bonds. The van der Waals surface area contributed by atoms with Gasteiger partial charge >= 0.3 is 0 Å². The number of fused-ring (bicyclic) bond motifs is 2.